The summed E-state index contributed by atoms with van der Waals surface area (Å²) in [5.74, 6) is 1.02. The zero-order valence-corrected chi connectivity index (χ0v) is 12.9. The molecule has 2 atom stereocenters. The lowest BCUT2D eigenvalue weighted by atomic mass is 10.1. The molecule has 1 N–H and O–H groups in total. The van der Waals surface area contributed by atoms with Crippen LogP contribution < -0.4 is 5.32 Å². The van der Waals surface area contributed by atoms with Gasteiger partial charge in [0, 0.05) is 56.4 Å². The molecule has 0 aromatic carbocycles. The van der Waals surface area contributed by atoms with Crippen LogP contribution in [0.25, 0.3) is 0 Å². The van der Waals surface area contributed by atoms with E-state index in [-0.39, 0.29) is 6.10 Å². The monoisotopic (exact) mass is 289 g/mol. The summed E-state index contributed by atoms with van der Waals surface area (Å²) >= 11 is 0. The van der Waals surface area contributed by atoms with Crippen LogP contribution in [0.5, 0.6) is 0 Å². The van der Waals surface area contributed by atoms with Gasteiger partial charge in [-0.05, 0) is 20.3 Å². The van der Waals surface area contributed by atoms with Crippen LogP contribution in [0.2, 0.25) is 0 Å². The Morgan fingerprint density at radius 2 is 2.33 bits per heavy atom. The zero-order valence-electron chi connectivity index (χ0n) is 12.9. The second kappa shape index (κ2) is 5.99. The summed E-state index contributed by atoms with van der Waals surface area (Å²) in [4.78, 5) is 4.48. The fourth-order valence-electron chi connectivity index (χ4n) is 2.86. The van der Waals surface area contributed by atoms with Gasteiger partial charge in [0.2, 0.25) is 0 Å². The van der Waals surface area contributed by atoms with Crippen molar-refractivity contribution in [2.24, 2.45) is 7.05 Å². The topological polar surface area (TPSA) is 56.9 Å². The molecule has 0 bridgehead atoms. The summed E-state index contributed by atoms with van der Waals surface area (Å²) in [5, 5.41) is 7.90. The average Bonchev–Trinajstić information content (AvgIpc) is 3.19. The first-order chi connectivity index (χ1) is 10.2. The third kappa shape index (κ3) is 2.73. The van der Waals surface area contributed by atoms with E-state index in [1.165, 1.54) is 11.3 Å². The van der Waals surface area contributed by atoms with Crippen molar-refractivity contribution in [3.05, 3.63) is 35.7 Å². The summed E-state index contributed by atoms with van der Waals surface area (Å²) in [6.07, 6.45) is 6.85. The van der Waals surface area contributed by atoms with Crippen LogP contribution in [0.3, 0.4) is 0 Å². The maximum atomic E-state index is 5.91. The zero-order chi connectivity index (χ0) is 14.8. The van der Waals surface area contributed by atoms with Gasteiger partial charge >= 0.3 is 0 Å². The highest BCUT2D eigenvalue weighted by molar-refractivity contribution is 5.16. The van der Waals surface area contributed by atoms with Crippen LogP contribution in [0.1, 0.15) is 36.5 Å². The lowest BCUT2D eigenvalue weighted by Crippen LogP contribution is -2.32. The molecule has 0 unspecified atom stereocenters. The highest BCUT2D eigenvalue weighted by Gasteiger charge is 2.32. The molecule has 1 aliphatic heterocycles. The molecular weight excluding hydrogens is 266 g/mol. The van der Waals surface area contributed by atoms with Crippen molar-refractivity contribution in [3.63, 3.8) is 0 Å². The quantitative estimate of drug-likeness (QED) is 0.907. The molecule has 1 aliphatic rings. The summed E-state index contributed by atoms with van der Waals surface area (Å²) < 4.78 is 9.97. The summed E-state index contributed by atoms with van der Waals surface area (Å²) in [7, 11) is 1.97. The van der Waals surface area contributed by atoms with E-state index in [9.17, 15) is 0 Å². The van der Waals surface area contributed by atoms with E-state index in [2.05, 4.69) is 33.8 Å². The number of nitrogens with one attached hydrogen (secondary N) is 1. The minimum absolute atomic E-state index is 0.0388. The number of hydrogen-bond donors (Lipinski definition) is 1. The van der Waals surface area contributed by atoms with Crippen molar-refractivity contribution in [2.75, 3.05) is 6.61 Å². The molecule has 2 aromatic heterocycles. The van der Waals surface area contributed by atoms with Crippen molar-refractivity contribution in [2.45, 2.75) is 45.5 Å². The van der Waals surface area contributed by atoms with Crippen molar-refractivity contribution in [3.8, 4) is 0 Å². The van der Waals surface area contributed by atoms with Crippen LogP contribution in [0, 0.1) is 6.92 Å². The fraction of sp³-hybridized carbons (Fsp3) is 0.600. The van der Waals surface area contributed by atoms with Crippen molar-refractivity contribution >= 4 is 0 Å². The third-order valence-corrected chi connectivity index (χ3v) is 4.33. The summed E-state index contributed by atoms with van der Waals surface area (Å²) in [6, 6.07) is 0.303. The Labute approximate surface area is 125 Å². The first kappa shape index (κ1) is 14.3. The molecule has 1 saturated heterocycles. The number of nitrogens with zero attached hydrogens (tertiary/aromatic N) is 4. The van der Waals surface area contributed by atoms with Crippen LogP contribution in [0.4, 0.5) is 0 Å². The SMILES string of the molecule is CCn1ccnc1[C@H]1OCC[C@@H]1NCc1cnn(C)c1C. The molecule has 0 amide bonds. The van der Waals surface area contributed by atoms with Crippen LogP contribution in [-0.4, -0.2) is 32.0 Å². The third-order valence-electron chi connectivity index (χ3n) is 4.33. The highest BCUT2D eigenvalue weighted by Crippen LogP contribution is 2.28. The Morgan fingerprint density at radius 1 is 1.48 bits per heavy atom. The molecule has 114 valence electrons. The van der Waals surface area contributed by atoms with Gasteiger partial charge < -0.3 is 14.6 Å². The molecular formula is C15H23N5O. The Kier molecular flexibility index (Phi) is 4.07. The molecule has 3 rings (SSSR count). The van der Waals surface area contributed by atoms with E-state index >= 15 is 0 Å². The Bertz CT molecular complexity index is 603. The molecule has 0 aliphatic carbocycles. The molecule has 0 saturated carbocycles. The van der Waals surface area contributed by atoms with Gasteiger partial charge in [0.15, 0.2) is 0 Å². The Hall–Kier alpha value is -1.66. The molecule has 6 heteroatoms. The maximum absolute atomic E-state index is 5.91. The van der Waals surface area contributed by atoms with Gasteiger partial charge in [0.25, 0.3) is 0 Å². The van der Waals surface area contributed by atoms with Crippen molar-refractivity contribution in [1.82, 2.24) is 24.6 Å². The van der Waals surface area contributed by atoms with E-state index in [1.54, 1.807) is 0 Å². The first-order valence-corrected chi connectivity index (χ1v) is 7.54. The lowest BCUT2D eigenvalue weighted by Gasteiger charge is -2.20. The van der Waals surface area contributed by atoms with E-state index < -0.39 is 0 Å². The summed E-state index contributed by atoms with van der Waals surface area (Å²) in [6.45, 7) is 6.74. The predicted octanol–water partition coefficient (Wildman–Crippen LogP) is 1.56. The normalized spacial score (nSPS) is 22.0. The minimum Gasteiger partial charge on any atom is -0.369 e. The Morgan fingerprint density at radius 3 is 3.05 bits per heavy atom. The smallest absolute Gasteiger partial charge is 0.139 e. The summed E-state index contributed by atoms with van der Waals surface area (Å²) in [5.41, 5.74) is 2.44. The van der Waals surface area contributed by atoms with Gasteiger partial charge in [-0.25, -0.2) is 4.98 Å². The average molecular weight is 289 g/mol. The number of rotatable bonds is 5. The van der Waals surface area contributed by atoms with Crippen LogP contribution in [0.15, 0.2) is 18.6 Å². The molecule has 0 radical (unpaired) electrons. The first-order valence-electron chi connectivity index (χ1n) is 7.54. The van der Waals surface area contributed by atoms with Gasteiger partial charge in [-0.2, -0.15) is 5.10 Å². The number of aromatic nitrogens is 4. The second-order valence-corrected chi connectivity index (χ2v) is 5.52. The van der Waals surface area contributed by atoms with Crippen LogP contribution in [-0.2, 0) is 24.9 Å². The molecule has 0 spiro atoms. The van der Waals surface area contributed by atoms with E-state index in [0.717, 1.165) is 31.9 Å². The predicted molar refractivity (Wildman–Crippen MR) is 79.8 cm³/mol. The fourth-order valence-corrected chi connectivity index (χ4v) is 2.86. The largest absolute Gasteiger partial charge is 0.369 e. The molecule has 21 heavy (non-hydrogen) atoms. The molecule has 2 aromatic rings. The standard InChI is InChI=1S/C15H23N5O/c1-4-20-7-6-16-15(20)14-13(5-8-21-14)17-9-12-10-18-19(3)11(12)2/h6-7,10,13-14,17H,4-5,8-9H2,1-3H3/t13-,14-/m0/s1. The second-order valence-electron chi connectivity index (χ2n) is 5.52. The minimum atomic E-state index is 0.0388. The van der Waals surface area contributed by atoms with Gasteiger partial charge in [0.1, 0.15) is 11.9 Å². The van der Waals surface area contributed by atoms with Crippen molar-refractivity contribution in [1.29, 1.82) is 0 Å². The van der Waals surface area contributed by atoms with Crippen molar-refractivity contribution < 1.29 is 4.74 Å². The number of imidazole rings is 1. The highest BCUT2D eigenvalue weighted by atomic mass is 16.5. The Balaban J connectivity index is 1.69. The molecule has 1 fully saturated rings. The number of aryl methyl sites for hydroxylation is 2. The van der Waals surface area contributed by atoms with Crippen LogP contribution >= 0.6 is 0 Å². The molecule has 6 nitrogen and oxygen atoms in total. The van der Waals surface area contributed by atoms with E-state index in [4.69, 9.17) is 4.74 Å². The van der Waals surface area contributed by atoms with E-state index in [0.29, 0.717) is 6.04 Å². The number of ether oxygens (including phenoxy) is 1. The van der Waals surface area contributed by atoms with Gasteiger partial charge in [-0.1, -0.05) is 0 Å². The number of hydrogen-bond acceptors (Lipinski definition) is 4. The van der Waals surface area contributed by atoms with Gasteiger partial charge in [0.05, 0.1) is 6.20 Å². The van der Waals surface area contributed by atoms with E-state index in [1.807, 2.05) is 30.3 Å². The maximum Gasteiger partial charge on any atom is 0.139 e. The van der Waals surface area contributed by atoms with Gasteiger partial charge in [-0.15, -0.1) is 0 Å². The molecule has 3 heterocycles. The lowest BCUT2D eigenvalue weighted by molar-refractivity contribution is 0.0886. The van der Waals surface area contributed by atoms with Gasteiger partial charge in [-0.3, -0.25) is 4.68 Å².